The Bertz CT molecular complexity index is 1180. The van der Waals surface area contributed by atoms with Crippen molar-refractivity contribution in [1.82, 2.24) is 15.2 Å². The predicted molar refractivity (Wildman–Crippen MR) is 101 cm³/mol. The molecular weight excluding hydrogens is 411 g/mol. The molecule has 0 bridgehead atoms. The first kappa shape index (κ1) is 20.6. The van der Waals surface area contributed by atoms with E-state index in [0.29, 0.717) is 16.7 Å². The number of hydrogen-bond acceptors (Lipinski definition) is 5. The molecular formula is C17H16F3N5O3S. The summed E-state index contributed by atoms with van der Waals surface area (Å²) in [6, 6.07) is 3.13. The summed E-state index contributed by atoms with van der Waals surface area (Å²) in [4.78, 5) is 16.5. The van der Waals surface area contributed by atoms with Crippen LogP contribution in [0, 0.1) is 18.6 Å². The maximum absolute atomic E-state index is 14.7. The summed E-state index contributed by atoms with van der Waals surface area (Å²) in [6.07, 6.45) is 0.992. The molecule has 1 aromatic carbocycles. The number of halogens is 3. The van der Waals surface area contributed by atoms with Crippen LogP contribution in [0.5, 0.6) is 0 Å². The number of pyridine rings is 1. The fraction of sp³-hybridized carbons (Fsp3) is 0.235. The number of rotatable bonds is 7. The molecule has 0 aliphatic rings. The SMILES string of the molecule is Cc1n[nH]c2ncc(NC(=O)c3c(F)ccc(NS(=O)(=O)CCCF)c3F)cc12. The van der Waals surface area contributed by atoms with E-state index in [1.165, 1.54) is 12.3 Å². The van der Waals surface area contributed by atoms with Crippen LogP contribution in [0.4, 0.5) is 24.5 Å². The van der Waals surface area contributed by atoms with E-state index in [9.17, 15) is 26.4 Å². The summed E-state index contributed by atoms with van der Waals surface area (Å²) >= 11 is 0. The van der Waals surface area contributed by atoms with Crippen LogP contribution in [0.25, 0.3) is 11.0 Å². The first-order valence-electron chi connectivity index (χ1n) is 8.38. The molecule has 0 saturated carbocycles. The number of sulfonamides is 1. The molecule has 0 aliphatic carbocycles. The molecule has 1 amide bonds. The summed E-state index contributed by atoms with van der Waals surface area (Å²) in [7, 11) is -4.06. The number of aryl methyl sites for hydroxylation is 1. The van der Waals surface area contributed by atoms with Crippen molar-refractivity contribution in [3.8, 4) is 0 Å². The second-order valence-electron chi connectivity index (χ2n) is 6.13. The minimum Gasteiger partial charge on any atom is -0.320 e. The van der Waals surface area contributed by atoms with Crippen molar-refractivity contribution in [3.05, 3.63) is 47.3 Å². The zero-order valence-electron chi connectivity index (χ0n) is 15.1. The summed E-state index contributed by atoms with van der Waals surface area (Å²) in [5, 5.41) is 9.57. The molecule has 2 heterocycles. The number of hydrogen-bond donors (Lipinski definition) is 3. The Balaban J connectivity index is 1.88. The number of nitrogens with one attached hydrogen (secondary N) is 3. The largest absolute Gasteiger partial charge is 0.320 e. The van der Waals surface area contributed by atoms with E-state index in [1.807, 2.05) is 4.72 Å². The van der Waals surface area contributed by atoms with Crippen molar-refractivity contribution in [2.75, 3.05) is 22.5 Å². The van der Waals surface area contributed by atoms with Gasteiger partial charge in [-0.1, -0.05) is 0 Å². The quantitative estimate of drug-likeness (QED) is 0.536. The van der Waals surface area contributed by atoms with Gasteiger partial charge in [0.1, 0.15) is 11.4 Å². The number of aromatic nitrogens is 3. The lowest BCUT2D eigenvalue weighted by Gasteiger charge is -2.12. The number of alkyl halides is 1. The monoisotopic (exact) mass is 427 g/mol. The minimum absolute atomic E-state index is 0.166. The molecule has 0 saturated heterocycles. The Hall–Kier alpha value is -3.15. The lowest BCUT2D eigenvalue weighted by Crippen LogP contribution is -2.21. The van der Waals surface area contributed by atoms with E-state index in [4.69, 9.17) is 0 Å². The number of benzene rings is 1. The normalized spacial score (nSPS) is 11.6. The molecule has 0 fully saturated rings. The first-order valence-corrected chi connectivity index (χ1v) is 10.0. The van der Waals surface area contributed by atoms with Gasteiger partial charge in [-0.25, -0.2) is 22.2 Å². The highest BCUT2D eigenvalue weighted by Gasteiger charge is 2.23. The summed E-state index contributed by atoms with van der Waals surface area (Å²) in [6.45, 7) is 0.846. The average molecular weight is 427 g/mol. The summed E-state index contributed by atoms with van der Waals surface area (Å²) in [5.74, 6) is -4.29. The van der Waals surface area contributed by atoms with Gasteiger partial charge in [0, 0.05) is 5.39 Å². The lowest BCUT2D eigenvalue weighted by molar-refractivity contribution is 0.101. The van der Waals surface area contributed by atoms with Gasteiger partial charge in [0.15, 0.2) is 11.5 Å². The first-order chi connectivity index (χ1) is 13.7. The smallest absolute Gasteiger partial charge is 0.261 e. The fourth-order valence-corrected chi connectivity index (χ4v) is 3.68. The van der Waals surface area contributed by atoms with Gasteiger partial charge >= 0.3 is 0 Å². The topological polar surface area (TPSA) is 117 Å². The van der Waals surface area contributed by atoms with Crippen molar-refractivity contribution in [1.29, 1.82) is 0 Å². The molecule has 0 atom stereocenters. The third-order valence-electron chi connectivity index (χ3n) is 4.00. The standard InChI is InChI=1S/C17H16F3N5O3S/c1-9-11-7-10(8-21-16(11)24-23-9)22-17(26)14-12(19)3-4-13(15(14)20)25-29(27,28)6-2-5-18/h3-4,7-8,25H,2,5-6H2,1H3,(H,22,26)(H,21,23,24). The van der Waals surface area contributed by atoms with Crippen LogP contribution in [0.2, 0.25) is 0 Å². The number of carbonyl (C=O) groups is 1. The molecule has 3 rings (SSSR count). The molecule has 3 N–H and O–H groups in total. The molecule has 0 radical (unpaired) electrons. The van der Waals surface area contributed by atoms with Gasteiger partial charge in [-0.2, -0.15) is 5.10 Å². The molecule has 0 unspecified atom stereocenters. The Morgan fingerprint density at radius 2 is 2.03 bits per heavy atom. The van der Waals surface area contributed by atoms with Crippen LogP contribution >= 0.6 is 0 Å². The molecule has 2 aromatic heterocycles. The number of carbonyl (C=O) groups excluding carboxylic acids is 1. The Morgan fingerprint density at radius 3 is 2.76 bits per heavy atom. The highest BCUT2D eigenvalue weighted by Crippen LogP contribution is 2.24. The Labute approximate surface area is 163 Å². The van der Waals surface area contributed by atoms with Crippen molar-refractivity contribution in [2.45, 2.75) is 13.3 Å². The van der Waals surface area contributed by atoms with Gasteiger partial charge in [0.05, 0.1) is 35.7 Å². The van der Waals surface area contributed by atoms with Crippen LogP contribution < -0.4 is 10.0 Å². The van der Waals surface area contributed by atoms with Gasteiger partial charge in [-0.15, -0.1) is 0 Å². The third-order valence-corrected chi connectivity index (χ3v) is 5.35. The number of aromatic amines is 1. The zero-order chi connectivity index (χ0) is 21.2. The Morgan fingerprint density at radius 1 is 1.28 bits per heavy atom. The predicted octanol–water partition coefficient (Wildman–Crippen LogP) is 2.90. The van der Waals surface area contributed by atoms with Gasteiger partial charge in [-0.3, -0.25) is 19.0 Å². The highest BCUT2D eigenvalue weighted by molar-refractivity contribution is 7.92. The van der Waals surface area contributed by atoms with E-state index >= 15 is 0 Å². The van der Waals surface area contributed by atoms with E-state index in [1.54, 1.807) is 6.92 Å². The van der Waals surface area contributed by atoms with Crippen LogP contribution in [-0.2, 0) is 10.0 Å². The molecule has 29 heavy (non-hydrogen) atoms. The maximum atomic E-state index is 14.7. The van der Waals surface area contributed by atoms with Crippen LogP contribution in [0.15, 0.2) is 24.4 Å². The van der Waals surface area contributed by atoms with E-state index < -0.39 is 51.2 Å². The van der Waals surface area contributed by atoms with Crippen molar-refractivity contribution in [2.24, 2.45) is 0 Å². The lowest BCUT2D eigenvalue weighted by atomic mass is 10.1. The number of H-pyrrole nitrogens is 1. The number of anilines is 2. The van der Waals surface area contributed by atoms with Gasteiger partial charge < -0.3 is 5.32 Å². The maximum Gasteiger partial charge on any atom is 0.261 e. The van der Waals surface area contributed by atoms with Crippen LogP contribution in [0.3, 0.4) is 0 Å². The highest BCUT2D eigenvalue weighted by atomic mass is 32.2. The summed E-state index contributed by atoms with van der Waals surface area (Å²) in [5.41, 5.74) is -0.331. The average Bonchev–Trinajstić information content (AvgIpc) is 3.03. The van der Waals surface area contributed by atoms with E-state index in [0.717, 1.165) is 12.1 Å². The van der Waals surface area contributed by atoms with Gasteiger partial charge in [-0.05, 0) is 31.5 Å². The number of amides is 1. The third kappa shape index (κ3) is 4.47. The van der Waals surface area contributed by atoms with Crippen LogP contribution in [0.1, 0.15) is 22.5 Å². The van der Waals surface area contributed by atoms with Crippen molar-refractivity contribution >= 4 is 38.3 Å². The van der Waals surface area contributed by atoms with E-state index in [-0.39, 0.29) is 12.1 Å². The van der Waals surface area contributed by atoms with Crippen molar-refractivity contribution < 1.29 is 26.4 Å². The molecule has 3 aromatic rings. The number of fused-ring (bicyclic) bond motifs is 1. The van der Waals surface area contributed by atoms with Gasteiger partial charge in [0.25, 0.3) is 5.91 Å². The van der Waals surface area contributed by atoms with Gasteiger partial charge in [0.2, 0.25) is 10.0 Å². The van der Waals surface area contributed by atoms with E-state index in [2.05, 4.69) is 20.5 Å². The van der Waals surface area contributed by atoms with Crippen LogP contribution in [-0.4, -0.2) is 41.9 Å². The zero-order valence-corrected chi connectivity index (χ0v) is 15.9. The summed E-state index contributed by atoms with van der Waals surface area (Å²) < 4.78 is 66.6. The second-order valence-corrected chi connectivity index (χ2v) is 7.97. The second kappa shape index (κ2) is 8.07. The molecule has 0 spiro atoms. The molecule has 12 heteroatoms. The van der Waals surface area contributed by atoms with Crippen molar-refractivity contribution in [3.63, 3.8) is 0 Å². The molecule has 0 aliphatic heterocycles. The molecule has 154 valence electrons. The minimum atomic E-state index is -4.06. The fourth-order valence-electron chi connectivity index (χ4n) is 2.59. The Kier molecular flexibility index (Phi) is 5.73. The molecule has 8 nitrogen and oxygen atoms in total. The number of nitrogens with zero attached hydrogens (tertiary/aromatic N) is 2.